The molecule has 0 radical (unpaired) electrons. The highest BCUT2D eigenvalue weighted by atomic mass is 32.2. The molecular formula is C16H25NO3S. The van der Waals surface area contributed by atoms with Gasteiger partial charge in [0.25, 0.3) is 0 Å². The van der Waals surface area contributed by atoms with E-state index < -0.39 is 9.84 Å². The molecule has 0 amide bonds. The van der Waals surface area contributed by atoms with Crippen LogP contribution in [0.1, 0.15) is 32.8 Å². The van der Waals surface area contributed by atoms with Gasteiger partial charge in [-0.25, -0.2) is 8.42 Å². The minimum Gasteiger partial charge on any atom is -0.491 e. The number of benzene rings is 1. The standard InChI is InChI=1S/C16H25NO3S/c1-4-17(15-9-10-21(18,19)12-15)11-14-7-5-6-8-16(14)20-13(2)3/h5-8,13,15H,4,9-12H2,1-3H3/t15-/m0/s1. The van der Waals surface area contributed by atoms with E-state index in [0.717, 1.165) is 30.8 Å². The highest BCUT2D eigenvalue weighted by Crippen LogP contribution is 2.25. The summed E-state index contributed by atoms with van der Waals surface area (Å²) in [6.45, 7) is 7.68. The lowest BCUT2D eigenvalue weighted by molar-refractivity contribution is 0.202. The molecule has 1 fully saturated rings. The number of hydrogen-bond acceptors (Lipinski definition) is 4. The lowest BCUT2D eigenvalue weighted by Crippen LogP contribution is -2.35. The maximum absolute atomic E-state index is 11.7. The summed E-state index contributed by atoms with van der Waals surface area (Å²) in [5.41, 5.74) is 1.12. The van der Waals surface area contributed by atoms with Gasteiger partial charge >= 0.3 is 0 Å². The normalized spacial score (nSPS) is 21.1. The summed E-state index contributed by atoms with van der Waals surface area (Å²) in [5.74, 6) is 1.50. The van der Waals surface area contributed by atoms with E-state index >= 15 is 0 Å². The number of nitrogens with zero attached hydrogens (tertiary/aromatic N) is 1. The summed E-state index contributed by atoms with van der Waals surface area (Å²) in [6.07, 6.45) is 0.872. The maximum atomic E-state index is 11.7. The molecule has 118 valence electrons. The first-order valence-electron chi connectivity index (χ1n) is 7.60. The van der Waals surface area contributed by atoms with Gasteiger partial charge in [0, 0.05) is 18.2 Å². The lowest BCUT2D eigenvalue weighted by atomic mass is 10.1. The van der Waals surface area contributed by atoms with Gasteiger partial charge in [0.15, 0.2) is 9.84 Å². The Labute approximate surface area is 128 Å². The summed E-state index contributed by atoms with van der Waals surface area (Å²) in [4.78, 5) is 2.24. The van der Waals surface area contributed by atoms with Crippen LogP contribution in [0.3, 0.4) is 0 Å². The fourth-order valence-electron chi connectivity index (χ4n) is 2.78. The first-order chi connectivity index (χ1) is 9.91. The van der Waals surface area contributed by atoms with Crippen molar-refractivity contribution in [3.8, 4) is 5.75 Å². The van der Waals surface area contributed by atoms with E-state index in [-0.39, 0.29) is 17.9 Å². The molecule has 1 aromatic carbocycles. The van der Waals surface area contributed by atoms with Crippen molar-refractivity contribution in [2.24, 2.45) is 0 Å². The summed E-state index contributed by atoms with van der Waals surface area (Å²) in [5, 5.41) is 0. The Morgan fingerprint density at radius 3 is 2.62 bits per heavy atom. The number of rotatable bonds is 6. The molecule has 0 aromatic heterocycles. The predicted octanol–water partition coefficient (Wildman–Crippen LogP) is 2.48. The van der Waals surface area contributed by atoms with Crippen molar-refractivity contribution in [3.63, 3.8) is 0 Å². The molecule has 0 N–H and O–H groups in total. The van der Waals surface area contributed by atoms with Crippen LogP contribution in [0.15, 0.2) is 24.3 Å². The smallest absolute Gasteiger partial charge is 0.151 e. The Morgan fingerprint density at radius 2 is 2.05 bits per heavy atom. The van der Waals surface area contributed by atoms with Gasteiger partial charge in [-0.15, -0.1) is 0 Å². The van der Waals surface area contributed by atoms with Gasteiger partial charge < -0.3 is 4.74 Å². The van der Waals surface area contributed by atoms with Crippen molar-refractivity contribution in [1.29, 1.82) is 0 Å². The van der Waals surface area contributed by atoms with Crippen LogP contribution in [0.2, 0.25) is 0 Å². The molecule has 0 spiro atoms. The summed E-state index contributed by atoms with van der Waals surface area (Å²) >= 11 is 0. The fraction of sp³-hybridized carbons (Fsp3) is 0.625. The van der Waals surface area contributed by atoms with E-state index in [1.165, 1.54) is 0 Å². The van der Waals surface area contributed by atoms with Crippen molar-refractivity contribution < 1.29 is 13.2 Å². The Morgan fingerprint density at radius 1 is 1.33 bits per heavy atom. The van der Waals surface area contributed by atoms with Crippen LogP contribution >= 0.6 is 0 Å². The molecule has 1 aromatic rings. The second-order valence-corrected chi connectivity index (χ2v) is 8.12. The van der Waals surface area contributed by atoms with Crippen LogP contribution in [0.25, 0.3) is 0 Å². The molecular weight excluding hydrogens is 286 g/mol. The topological polar surface area (TPSA) is 46.6 Å². The molecule has 2 rings (SSSR count). The monoisotopic (exact) mass is 311 g/mol. The second-order valence-electron chi connectivity index (χ2n) is 5.89. The average molecular weight is 311 g/mol. The molecule has 0 saturated carbocycles. The van der Waals surface area contributed by atoms with E-state index in [9.17, 15) is 8.42 Å². The largest absolute Gasteiger partial charge is 0.491 e. The summed E-state index contributed by atoms with van der Waals surface area (Å²) in [6, 6.07) is 8.14. The SMILES string of the molecule is CCN(Cc1ccccc1OC(C)C)[C@H]1CCS(=O)(=O)C1. The molecule has 5 heteroatoms. The van der Waals surface area contributed by atoms with Crippen LogP contribution in [-0.2, 0) is 16.4 Å². The molecule has 4 nitrogen and oxygen atoms in total. The third-order valence-electron chi connectivity index (χ3n) is 3.84. The zero-order chi connectivity index (χ0) is 15.5. The maximum Gasteiger partial charge on any atom is 0.151 e. The van der Waals surface area contributed by atoms with Crippen molar-refractivity contribution in [2.45, 2.75) is 45.9 Å². The van der Waals surface area contributed by atoms with Crippen LogP contribution in [0.5, 0.6) is 5.75 Å². The molecule has 0 unspecified atom stereocenters. The van der Waals surface area contributed by atoms with E-state index in [1.54, 1.807) is 0 Å². The van der Waals surface area contributed by atoms with Crippen molar-refractivity contribution in [1.82, 2.24) is 4.90 Å². The highest BCUT2D eigenvalue weighted by Gasteiger charge is 2.31. The van der Waals surface area contributed by atoms with Crippen molar-refractivity contribution in [3.05, 3.63) is 29.8 Å². The second kappa shape index (κ2) is 6.79. The van der Waals surface area contributed by atoms with Gasteiger partial charge in [-0.3, -0.25) is 4.90 Å². The van der Waals surface area contributed by atoms with Gasteiger partial charge in [0.1, 0.15) is 5.75 Å². The Hall–Kier alpha value is -1.07. The molecule has 1 aliphatic heterocycles. The van der Waals surface area contributed by atoms with Gasteiger partial charge in [-0.2, -0.15) is 0 Å². The van der Waals surface area contributed by atoms with Crippen LogP contribution in [0, 0.1) is 0 Å². The molecule has 0 aliphatic carbocycles. The third-order valence-corrected chi connectivity index (χ3v) is 5.59. The number of ether oxygens (including phenoxy) is 1. The summed E-state index contributed by atoms with van der Waals surface area (Å²) in [7, 11) is -2.84. The summed E-state index contributed by atoms with van der Waals surface area (Å²) < 4.78 is 29.2. The number of para-hydroxylation sites is 1. The highest BCUT2D eigenvalue weighted by molar-refractivity contribution is 7.91. The average Bonchev–Trinajstić information content (AvgIpc) is 2.77. The van der Waals surface area contributed by atoms with E-state index in [4.69, 9.17) is 4.74 Å². The fourth-order valence-corrected chi connectivity index (χ4v) is 4.55. The predicted molar refractivity (Wildman–Crippen MR) is 85.3 cm³/mol. The lowest BCUT2D eigenvalue weighted by Gasteiger charge is -2.27. The van der Waals surface area contributed by atoms with Gasteiger partial charge in [0.05, 0.1) is 17.6 Å². The minimum absolute atomic E-state index is 0.132. The first-order valence-corrected chi connectivity index (χ1v) is 9.42. The molecule has 1 heterocycles. The zero-order valence-corrected chi connectivity index (χ0v) is 13.9. The van der Waals surface area contributed by atoms with Crippen LogP contribution < -0.4 is 4.74 Å². The van der Waals surface area contributed by atoms with Crippen molar-refractivity contribution >= 4 is 9.84 Å². The molecule has 1 aliphatic rings. The molecule has 21 heavy (non-hydrogen) atoms. The van der Waals surface area contributed by atoms with Gasteiger partial charge in [-0.05, 0) is 32.9 Å². The van der Waals surface area contributed by atoms with Crippen molar-refractivity contribution in [2.75, 3.05) is 18.1 Å². The first kappa shape index (κ1) is 16.3. The molecule has 1 saturated heterocycles. The Kier molecular flexibility index (Phi) is 5.27. The van der Waals surface area contributed by atoms with E-state index in [0.29, 0.717) is 5.75 Å². The number of sulfone groups is 1. The van der Waals surface area contributed by atoms with Crippen LogP contribution in [0.4, 0.5) is 0 Å². The quantitative estimate of drug-likeness (QED) is 0.810. The third kappa shape index (κ3) is 4.45. The van der Waals surface area contributed by atoms with E-state index in [2.05, 4.69) is 17.9 Å². The zero-order valence-electron chi connectivity index (χ0n) is 13.1. The molecule has 0 bridgehead atoms. The Balaban J connectivity index is 2.12. The Bertz CT molecular complexity index is 569. The van der Waals surface area contributed by atoms with Gasteiger partial charge in [0.2, 0.25) is 0 Å². The molecule has 1 atom stereocenters. The number of hydrogen-bond donors (Lipinski definition) is 0. The minimum atomic E-state index is -2.84. The van der Waals surface area contributed by atoms with Crippen LogP contribution in [-0.4, -0.2) is 43.5 Å². The van der Waals surface area contributed by atoms with Gasteiger partial charge in [-0.1, -0.05) is 25.1 Å². The van der Waals surface area contributed by atoms with E-state index in [1.807, 2.05) is 32.0 Å².